The first-order valence-corrected chi connectivity index (χ1v) is 9.58. The maximum Gasteiger partial charge on any atom is 0.185 e. The van der Waals surface area contributed by atoms with Gasteiger partial charge in [0.1, 0.15) is 5.82 Å². The van der Waals surface area contributed by atoms with Crippen LogP contribution in [0.25, 0.3) is 17.0 Å². The third-order valence-corrected chi connectivity index (χ3v) is 5.62. The molecule has 1 aromatic carbocycles. The Bertz CT molecular complexity index is 921. The standard InChI is InChI=1S/C20H23N5O2/c1-2-4-16(5-3-1)19-22-21-17-6-7-18(23-25(17)19)24-11-8-20(27-15-12-24)9-13-26-14-10-20/h1-7H,8-15H2. The molecule has 2 aromatic heterocycles. The Kier molecular flexibility index (Phi) is 4.26. The molecule has 2 fully saturated rings. The van der Waals surface area contributed by atoms with Crippen LogP contribution in [-0.2, 0) is 9.47 Å². The lowest BCUT2D eigenvalue weighted by Crippen LogP contribution is -2.39. The molecule has 0 saturated carbocycles. The number of ether oxygens (including phenoxy) is 2. The minimum atomic E-state index is -0.0249. The molecule has 5 rings (SSSR count). The van der Waals surface area contributed by atoms with Gasteiger partial charge in [-0.1, -0.05) is 30.3 Å². The zero-order valence-electron chi connectivity index (χ0n) is 15.3. The van der Waals surface area contributed by atoms with Gasteiger partial charge in [0.2, 0.25) is 0 Å². The lowest BCUT2D eigenvalue weighted by atomic mass is 9.90. The zero-order chi connectivity index (χ0) is 18.1. The molecule has 7 heteroatoms. The summed E-state index contributed by atoms with van der Waals surface area (Å²) in [4.78, 5) is 2.30. The Morgan fingerprint density at radius 2 is 1.70 bits per heavy atom. The van der Waals surface area contributed by atoms with Crippen molar-refractivity contribution in [1.82, 2.24) is 19.8 Å². The SMILES string of the molecule is c1ccc(-c2nnc3ccc(N4CCOC5(CCOCC5)CC4)nn23)cc1. The molecule has 0 N–H and O–H groups in total. The van der Waals surface area contributed by atoms with Crippen molar-refractivity contribution in [2.75, 3.05) is 37.8 Å². The highest BCUT2D eigenvalue weighted by molar-refractivity contribution is 5.59. The van der Waals surface area contributed by atoms with E-state index in [1.165, 1.54) is 0 Å². The number of nitrogens with zero attached hydrogens (tertiary/aromatic N) is 5. The van der Waals surface area contributed by atoms with E-state index in [1.54, 1.807) is 0 Å². The second kappa shape index (κ2) is 6.90. The molecule has 0 unspecified atom stereocenters. The smallest absolute Gasteiger partial charge is 0.185 e. The molecule has 27 heavy (non-hydrogen) atoms. The Morgan fingerprint density at radius 1 is 0.852 bits per heavy atom. The van der Waals surface area contributed by atoms with Gasteiger partial charge in [-0.05, 0) is 31.4 Å². The van der Waals surface area contributed by atoms with E-state index in [2.05, 4.69) is 15.1 Å². The van der Waals surface area contributed by atoms with Crippen LogP contribution < -0.4 is 4.90 Å². The van der Waals surface area contributed by atoms with Gasteiger partial charge in [0, 0.05) is 31.9 Å². The van der Waals surface area contributed by atoms with Gasteiger partial charge in [0.05, 0.1) is 12.2 Å². The second-order valence-corrected chi connectivity index (χ2v) is 7.23. The fourth-order valence-corrected chi connectivity index (χ4v) is 3.98. The number of benzene rings is 1. The molecule has 0 amide bonds. The Labute approximate surface area is 157 Å². The number of fused-ring (bicyclic) bond motifs is 1. The van der Waals surface area contributed by atoms with Gasteiger partial charge < -0.3 is 14.4 Å². The van der Waals surface area contributed by atoms with Gasteiger partial charge in [0.15, 0.2) is 11.5 Å². The molecular weight excluding hydrogens is 342 g/mol. The van der Waals surface area contributed by atoms with Crippen molar-refractivity contribution in [3.8, 4) is 11.4 Å². The molecule has 3 aromatic rings. The van der Waals surface area contributed by atoms with Crippen LogP contribution in [0.15, 0.2) is 42.5 Å². The minimum absolute atomic E-state index is 0.0249. The molecule has 0 aliphatic carbocycles. The van der Waals surface area contributed by atoms with Crippen molar-refractivity contribution in [2.24, 2.45) is 0 Å². The highest BCUT2D eigenvalue weighted by Gasteiger charge is 2.35. The molecule has 0 bridgehead atoms. The van der Waals surface area contributed by atoms with Crippen LogP contribution in [0.1, 0.15) is 19.3 Å². The van der Waals surface area contributed by atoms with Crippen LogP contribution in [0, 0.1) is 0 Å². The normalized spacial score (nSPS) is 20.1. The summed E-state index contributed by atoms with van der Waals surface area (Å²) < 4.78 is 13.6. The first-order valence-electron chi connectivity index (χ1n) is 9.58. The largest absolute Gasteiger partial charge is 0.381 e. The van der Waals surface area contributed by atoms with Crippen molar-refractivity contribution in [1.29, 1.82) is 0 Å². The molecule has 2 aliphatic heterocycles. The Morgan fingerprint density at radius 3 is 2.56 bits per heavy atom. The lowest BCUT2D eigenvalue weighted by Gasteiger charge is -2.35. The second-order valence-electron chi connectivity index (χ2n) is 7.23. The van der Waals surface area contributed by atoms with Crippen LogP contribution in [-0.4, -0.2) is 58.3 Å². The fraction of sp³-hybridized carbons (Fsp3) is 0.450. The van der Waals surface area contributed by atoms with E-state index in [0.717, 1.165) is 68.4 Å². The first-order chi connectivity index (χ1) is 13.3. The minimum Gasteiger partial charge on any atom is -0.381 e. The molecule has 2 aliphatic rings. The number of hydrogen-bond acceptors (Lipinski definition) is 6. The number of hydrogen-bond donors (Lipinski definition) is 0. The molecule has 7 nitrogen and oxygen atoms in total. The van der Waals surface area contributed by atoms with Crippen molar-refractivity contribution in [3.63, 3.8) is 0 Å². The third-order valence-electron chi connectivity index (χ3n) is 5.62. The zero-order valence-corrected chi connectivity index (χ0v) is 15.3. The van der Waals surface area contributed by atoms with E-state index in [0.29, 0.717) is 6.61 Å². The number of anilines is 1. The lowest BCUT2D eigenvalue weighted by molar-refractivity contribution is -0.105. The van der Waals surface area contributed by atoms with Gasteiger partial charge in [-0.25, -0.2) is 0 Å². The summed E-state index contributed by atoms with van der Waals surface area (Å²) >= 11 is 0. The summed E-state index contributed by atoms with van der Waals surface area (Å²) in [7, 11) is 0. The highest BCUT2D eigenvalue weighted by atomic mass is 16.5. The van der Waals surface area contributed by atoms with Crippen LogP contribution in [0.3, 0.4) is 0 Å². The fourth-order valence-electron chi connectivity index (χ4n) is 3.98. The van der Waals surface area contributed by atoms with Gasteiger partial charge in [0.25, 0.3) is 0 Å². The van der Waals surface area contributed by atoms with Crippen LogP contribution >= 0.6 is 0 Å². The third kappa shape index (κ3) is 3.17. The quantitative estimate of drug-likeness (QED) is 0.695. The summed E-state index contributed by atoms with van der Waals surface area (Å²) in [5.41, 5.74) is 1.74. The molecule has 140 valence electrons. The monoisotopic (exact) mass is 365 g/mol. The predicted octanol–water partition coefficient (Wildman–Crippen LogP) is 2.57. The van der Waals surface area contributed by atoms with Crippen LogP contribution in [0.4, 0.5) is 5.82 Å². The van der Waals surface area contributed by atoms with Crippen molar-refractivity contribution < 1.29 is 9.47 Å². The van der Waals surface area contributed by atoms with E-state index in [-0.39, 0.29) is 5.60 Å². The molecule has 2 saturated heterocycles. The highest BCUT2D eigenvalue weighted by Crippen LogP contribution is 2.31. The number of rotatable bonds is 2. The summed E-state index contributed by atoms with van der Waals surface area (Å²) in [6.07, 6.45) is 2.97. The van der Waals surface area contributed by atoms with E-state index in [4.69, 9.17) is 14.6 Å². The van der Waals surface area contributed by atoms with Crippen molar-refractivity contribution in [2.45, 2.75) is 24.9 Å². The summed E-state index contributed by atoms with van der Waals surface area (Å²) in [6.45, 7) is 4.08. The predicted molar refractivity (Wildman–Crippen MR) is 102 cm³/mol. The maximum absolute atomic E-state index is 6.27. The summed E-state index contributed by atoms with van der Waals surface area (Å²) in [6, 6.07) is 14.1. The van der Waals surface area contributed by atoms with Crippen LogP contribution in [0.5, 0.6) is 0 Å². The van der Waals surface area contributed by atoms with Crippen LogP contribution in [0.2, 0.25) is 0 Å². The number of aromatic nitrogens is 4. The summed E-state index contributed by atoms with van der Waals surface area (Å²) in [5, 5.41) is 13.4. The molecular formula is C20H23N5O2. The van der Waals surface area contributed by atoms with E-state index in [9.17, 15) is 0 Å². The van der Waals surface area contributed by atoms with E-state index < -0.39 is 0 Å². The van der Waals surface area contributed by atoms with Crippen molar-refractivity contribution in [3.05, 3.63) is 42.5 Å². The average molecular weight is 365 g/mol. The molecule has 4 heterocycles. The topological polar surface area (TPSA) is 64.8 Å². The Hall–Kier alpha value is -2.51. The van der Waals surface area contributed by atoms with Crippen molar-refractivity contribution >= 4 is 11.5 Å². The maximum atomic E-state index is 6.27. The average Bonchev–Trinajstić information content (AvgIpc) is 3.05. The molecule has 1 spiro atoms. The molecule has 0 atom stereocenters. The van der Waals surface area contributed by atoms with Gasteiger partial charge in [-0.3, -0.25) is 0 Å². The van der Waals surface area contributed by atoms with Gasteiger partial charge >= 0.3 is 0 Å². The van der Waals surface area contributed by atoms with E-state index in [1.807, 2.05) is 47.0 Å². The van der Waals surface area contributed by atoms with Gasteiger partial charge in [-0.2, -0.15) is 4.52 Å². The summed E-state index contributed by atoms with van der Waals surface area (Å²) in [5.74, 6) is 1.70. The molecule has 0 radical (unpaired) electrons. The van der Waals surface area contributed by atoms with E-state index >= 15 is 0 Å². The first kappa shape index (κ1) is 16.6. The van der Waals surface area contributed by atoms with Gasteiger partial charge in [-0.15, -0.1) is 15.3 Å². The Balaban J connectivity index is 1.43.